The molecule has 0 bridgehead atoms. The lowest BCUT2D eigenvalue weighted by Gasteiger charge is -2.01. The minimum Gasteiger partial charge on any atom is -0.370 e. The maximum Gasteiger partial charge on any atom is 0.217 e. The van der Waals surface area contributed by atoms with Crippen LogP contribution in [0.3, 0.4) is 0 Å². The first-order valence-electron chi connectivity index (χ1n) is 2.95. The number of primary amides is 1. The van der Waals surface area contributed by atoms with Crippen molar-refractivity contribution in [2.24, 2.45) is 11.7 Å². The van der Waals surface area contributed by atoms with E-state index in [0.717, 1.165) is 6.42 Å². The Kier molecular flexibility index (Phi) is 3.24. The van der Waals surface area contributed by atoms with Crippen LogP contribution in [0.5, 0.6) is 0 Å². The molecular weight excluding hydrogens is 102 g/mol. The second-order valence-corrected chi connectivity index (χ2v) is 2.18. The Labute approximate surface area is 50.1 Å². The first-order valence-corrected chi connectivity index (χ1v) is 2.95. The van der Waals surface area contributed by atoms with Crippen LogP contribution in [0.25, 0.3) is 0 Å². The molecule has 0 rings (SSSR count). The van der Waals surface area contributed by atoms with Gasteiger partial charge in [0.1, 0.15) is 0 Å². The lowest BCUT2D eigenvalue weighted by atomic mass is 10.1. The average Bonchev–Trinajstić information content (AvgIpc) is 1.65. The van der Waals surface area contributed by atoms with E-state index in [1.165, 1.54) is 0 Å². The molecular formula is C6H13NO. The number of nitrogens with two attached hydrogens (primary N) is 1. The van der Waals surface area contributed by atoms with Gasteiger partial charge in [0.25, 0.3) is 0 Å². The SMILES string of the molecule is CCC(C)CC(N)=O. The molecule has 48 valence electrons. The van der Waals surface area contributed by atoms with E-state index in [4.69, 9.17) is 5.73 Å². The highest BCUT2D eigenvalue weighted by Gasteiger charge is 2.00. The molecule has 0 heterocycles. The van der Waals surface area contributed by atoms with Crippen LogP contribution in [-0.4, -0.2) is 5.91 Å². The molecule has 0 saturated heterocycles. The molecule has 0 aromatic heterocycles. The van der Waals surface area contributed by atoms with Gasteiger partial charge < -0.3 is 5.73 Å². The molecule has 0 radical (unpaired) electrons. The van der Waals surface area contributed by atoms with Gasteiger partial charge in [-0.3, -0.25) is 4.79 Å². The van der Waals surface area contributed by atoms with Crippen molar-refractivity contribution in [2.45, 2.75) is 26.7 Å². The standard InChI is InChI=1S/C6H13NO/c1-3-5(2)4-6(7)8/h5H,3-4H2,1-2H3,(H2,7,8). The van der Waals surface area contributed by atoms with Gasteiger partial charge in [-0.2, -0.15) is 0 Å². The monoisotopic (exact) mass is 115 g/mol. The van der Waals surface area contributed by atoms with Crippen molar-refractivity contribution in [3.8, 4) is 0 Å². The van der Waals surface area contributed by atoms with Crippen LogP contribution in [0.2, 0.25) is 0 Å². The van der Waals surface area contributed by atoms with Crippen LogP contribution >= 0.6 is 0 Å². The normalized spacial score (nSPS) is 13.2. The van der Waals surface area contributed by atoms with Crippen molar-refractivity contribution < 1.29 is 4.79 Å². The van der Waals surface area contributed by atoms with Gasteiger partial charge in [-0.15, -0.1) is 0 Å². The molecule has 2 nitrogen and oxygen atoms in total. The second kappa shape index (κ2) is 3.47. The van der Waals surface area contributed by atoms with E-state index in [1.54, 1.807) is 0 Å². The Balaban J connectivity index is 3.24. The van der Waals surface area contributed by atoms with Crippen LogP contribution in [0.15, 0.2) is 0 Å². The van der Waals surface area contributed by atoms with Crippen LogP contribution in [0, 0.1) is 5.92 Å². The van der Waals surface area contributed by atoms with Crippen molar-refractivity contribution in [2.75, 3.05) is 0 Å². The predicted octanol–water partition coefficient (Wildman–Crippen LogP) is 0.908. The minimum atomic E-state index is -0.195. The van der Waals surface area contributed by atoms with Crippen molar-refractivity contribution in [1.82, 2.24) is 0 Å². The van der Waals surface area contributed by atoms with Gasteiger partial charge in [0.15, 0.2) is 0 Å². The number of hydrogen-bond acceptors (Lipinski definition) is 1. The van der Waals surface area contributed by atoms with Crippen LogP contribution < -0.4 is 5.73 Å². The third-order valence-electron chi connectivity index (χ3n) is 1.25. The van der Waals surface area contributed by atoms with Crippen molar-refractivity contribution >= 4 is 5.91 Å². The number of amides is 1. The topological polar surface area (TPSA) is 43.1 Å². The summed E-state index contributed by atoms with van der Waals surface area (Å²) in [4.78, 5) is 10.2. The number of hydrogen-bond donors (Lipinski definition) is 1. The van der Waals surface area contributed by atoms with Crippen molar-refractivity contribution in [3.63, 3.8) is 0 Å². The Morgan fingerprint density at radius 2 is 2.25 bits per heavy atom. The molecule has 1 amide bonds. The van der Waals surface area contributed by atoms with Gasteiger partial charge in [0.2, 0.25) is 5.91 Å². The molecule has 0 aliphatic heterocycles. The van der Waals surface area contributed by atoms with E-state index < -0.39 is 0 Å². The third-order valence-corrected chi connectivity index (χ3v) is 1.25. The van der Waals surface area contributed by atoms with Gasteiger partial charge in [-0.05, 0) is 5.92 Å². The fraction of sp³-hybridized carbons (Fsp3) is 0.833. The summed E-state index contributed by atoms with van der Waals surface area (Å²) in [5.74, 6) is 0.256. The van der Waals surface area contributed by atoms with E-state index in [9.17, 15) is 4.79 Å². The lowest BCUT2D eigenvalue weighted by molar-refractivity contribution is -0.118. The zero-order valence-corrected chi connectivity index (χ0v) is 5.48. The molecule has 2 heteroatoms. The van der Waals surface area contributed by atoms with Gasteiger partial charge >= 0.3 is 0 Å². The Hall–Kier alpha value is -0.530. The zero-order valence-electron chi connectivity index (χ0n) is 5.48. The molecule has 0 spiro atoms. The Morgan fingerprint density at radius 3 is 2.38 bits per heavy atom. The van der Waals surface area contributed by atoms with Crippen molar-refractivity contribution in [1.29, 1.82) is 0 Å². The molecule has 1 unspecified atom stereocenters. The number of rotatable bonds is 3. The summed E-state index contributed by atoms with van der Waals surface area (Å²) >= 11 is 0. The van der Waals surface area contributed by atoms with Crippen LogP contribution in [0.4, 0.5) is 0 Å². The molecule has 8 heavy (non-hydrogen) atoms. The largest absolute Gasteiger partial charge is 0.370 e. The molecule has 0 fully saturated rings. The summed E-state index contributed by atoms with van der Waals surface area (Å²) in [5.41, 5.74) is 4.93. The molecule has 2 N–H and O–H groups in total. The van der Waals surface area contributed by atoms with E-state index >= 15 is 0 Å². The van der Waals surface area contributed by atoms with Gasteiger partial charge in [-0.1, -0.05) is 20.3 Å². The fourth-order valence-electron chi connectivity index (χ4n) is 0.488. The lowest BCUT2D eigenvalue weighted by Crippen LogP contribution is -2.13. The number of carbonyl (C=O) groups excluding carboxylic acids is 1. The zero-order chi connectivity index (χ0) is 6.57. The third kappa shape index (κ3) is 3.65. The van der Waals surface area contributed by atoms with E-state index in [1.807, 2.05) is 13.8 Å². The number of carbonyl (C=O) groups is 1. The Bertz CT molecular complexity index is 80.6. The summed E-state index contributed by atoms with van der Waals surface area (Å²) in [6.07, 6.45) is 1.55. The molecule has 0 saturated carbocycles. The molecule has 0 aliphatic rings. The molecule has 0 aromatic carbocycles. The summed E-state index contributed by atoms with van der Waals surface area (Å²) in [5, 5.41) is 0. The molecule has 0 aliphatic carbocycles. The van der Waals surface area contributed by atoms with Gasteiger partial charge in [0.05, 0.1) is 0 Å². The van der Waals surface area contributed by atoms with Crippen LogP contribution in [-0.2, 0) is 4.79 Å². The van der Waals surface area contributed by atoms with Crippen molar-refractivity contribution in [3.05, 3.63) is 0 Å². The summed E-state index contributed by atoms with van der Waals surface area (Å²) in [6, 6.07) is 0. The maximum absolute atomic E-state index is 10.2. The van der Waals surface area contributed by atoms with Gasteiger partial charge in [-0.25, -0.2) is 0 Å². The summed E-state index contributed by atoms with van der Waals surface area (Å²) in [7, 11) is 0. The first-order chi connectivity index (χ1) is 3.66. The molecule has 1 atom stereocenters. The highest BCUT2D eigenvalue weighted by atomic mass is 16.1. The van der Waals surface area contributed by atoms with E-state index in [2.05, 4.69) is 0 Å². The molecule has 0 aromatic rings. The quantitative estimate of drug-likeness (QED) is 0.583. The average molecular weight is 115 g/mol. The summed E-state index contributed by atoms with van der Waals surface area (Å²) in [6.45, 7) is 4.07. The smallest absolute Gasteiger partial charge is 0.217 e. The highest BCUT2D eigenvalue weighted by Crippen LogP contribution is 2.03. The Morgan fingerprint density at radius 1 is 1.75 bits per heavy atom. The summed E-state index contributed by atoms with van der Waals surface area (Å²) < 4.78 is 0. The second-order valence-electron chi connectivity index (χ2n) is 2.18. The van der Waals surface area contributed by atoms with E-state index in [0.29, 0.717) is 12.3 Å². The minimum absolute atomic E-state index is 0.195. The van der Waals surface area contributed by atoms with Gasteiger partial charge in [0, 0.05) is 6.42 Å². The first kappa shape index (κ1) is 7.47. The highest BCUT2D eigenvalue weighted by molar-refractivity contribution is 5.73. The van der Waals surface area contributed by atoms with E-state index in [-0.39, 0.29) is 5.91 Å². The maximum atomic E-state index is 10.2. The van der Waals surface area contributed by atoms with Crippen LogP contribution in [0.1, 0.15) is 26.7 Å². The fourth-order valence-corrected chi connectivity index (χ4v) is 0.488. The predicted molar refractivity (Wildman–Crippen MR) is 33.3 cm³/mol.